The number of nitrogens with zero attached hydrogens (tertiary/aromatic N) is 1. The van der Waals surface area contributed by atoms with Crippen molar-refractivity contribution in [1.82, 2.24) is 10.2 Å². The van der Waals surface area contributed by atoms with Gasteiger partial charge in [0, 0.05) is 32.6 Å². The predicted molar refractivity (Wildman–Crippen MR) is 131 cm³/mol. The van der Waals surface area contributed by atoms with Crippen LogP contribution >= 0.6 is 23.2 Å². The van der Waals surface area contributed by atoms with Crippen LogP contribution in [0.5, 0.6) is 11.5 Å². The van der Waals surface area contributed by atoms with Crippen LogP contribution in [0.4, 0.5) is 0 Å². The highest BCUT2D eigenvalue weighted by atomic mass is 35.5. The first kappa shape index (κ1) is 25.6. The number of benzene rings is 2. The molecule has 2 N–H and O–H groups in total. The highest BCUT2D eigenvalue weighted by Gasteiger charge is 2.31. The van der Waals surface area contributed by atoms with Crippen molar-refractivity contribution in [3.05, 3.63) is 58.1 Å². The Bertz CT molecular complexity index is 910. The van der Waals surface area contributed by atoms with Crippen molar-refractivity contribution in [2.45, 2.75) is 44.8 Å². The summed E-state index contributed by atoms with van der Waals surface area (Å²) in [7, 11) is 0. The average Bonchev–Trinajstić information content (AvgIpc) is 2.97. The van der Waals surface area contributed by atoms with Gasteiger partial charge in [0.1, 0.15) is 18.1 Å². The first-order valence-corrected chi connectivity index (χ1v) is 12.1. The molecular formula is C25H32Cl2N2O4. The molecule has 180 valence electrons. The van der Waals surface area contributed by atoms with Gasteiger partial charge in [-0.1, -0.05) is 35.3 Å². The van der Waals surface area contributed by atoms with Crippen LogP contribution in [0.1, 0.15) is 38.2 Å². The quantitative estimate of drug-likeness (QED) is 0.468. The maximum atomic E-state index is 11.1. The lowest BCUT2D eigenvalue weighted by atomic mass is 9.96. The Balaban J connectivity index is 1.42. The summed E-state index contributed by atoms with van der Waals surface area (Å²) in [5, 5.41) is 14.7. The predicted octanol–water partition coefficient (Wildman–Crippen LogP) is 4.69. The van der Waals surface area contributed by atoms with Crippen molar-refractivity contribution in [2.75, 3.05) is 32.8 Å². The first-order chi connectivity index (χ1) is 15.8. The lowest BCUT2D eigenvalue weighted by molar-refractivity contribution is -0.118. The summed E-state index contributed by atoms with van der Waals surface area (Å²) in [5.41, 5.74) is 0.341. The van der Waals surface area contributed by atoms with Crippen molar-refractivity contribution in [2.24, 2.45) is 0 Å². The molecule has 1 atom stereocenters. The summed E-state index contributed by atoms with van der Waals surface area (Å²) in [4.78, 5) is 13.2. The Morgan fingerprint density at radius 1 is 1.06 bits per heavy atom. The zero-order chi connectivity index (χ0) is 23.7. The van der Waals surface area contributed by atoms with E-state index in [9.17, 15) is 9.90 Å². The summed E-state index contributed by atoms with van der Waals surface area (Å²) in [5.74, 6) is 1.41. The number of halogens is 2. The molecule has 0 bridgehead atoms. The van der Waals surface area contributed by atoms with Gasteiger partial charge in [0.05, 0.1) is 22.3 Å². The maximum absolute atomic E-state index is 11.1. The average molecular weight is 495 g/mol. The van der Waals surface area contributed by atoms with E-state index in [1.165, 1.54) is 12.5 Å². The van der Waals surface area contributed by atoms with Crippen LogP contribution in [0.15, 0.2) is 42.5 Å². The Morgan fingerprint density at radius 3 is 2.55 bits per heavy atom. The molecule has 33 heavy (non-hydrogen) atoms. The number of ether oxygens (including phenoxy) is 2. The number of aliphatic hydroxyl groups is 1. The van der Waals surface area contributed by atoms with Gasteiger partial charge < -0.3 is 19.9 Å². The summed E-state index contributed by atoms with van der Waals surface area (Å²) in [6.07, 6.45) is 3.00. The smallest absolute Gasteiger partial charge is 0.216 e. The number of rotatable bonds is 10. The van der Waals surface area contributed by atoms with Crippen molar-refractivity contribution >= 4 is 29.1 Å². The standard InChI is InChI=1S/C25H32Cl2N2O4/c1-19(30)28-12-3-15-32-21-6-4-20(5-7-21)17-29-13-2-10-25(31,11-14-29)18-33-22-8-9-23(26)24(27)16-22/h4-9,16,31H,2-3,10-15,17-18H2,1H3,(H,28,30). The Hall–Kier alpha value is -1.99. The highest BCUT2D eigenvalue weighted by Crippen LogP contribution is 2.29. The van der Waals surface area contributed by atoms with Gasteiger partial charge in [0.15, 0.2) is 0 Å². The number of hydrogen-bond acceptors (Lipinski definition) is 5. The molecule has 3 rings (SSSR count). The number of hydrogen-bond donors (Lipinski definition) is 2. The number of carbonyl (C=O) groups is 1. The molecule has 1 aliphatic heterocycles. The third-order valence-corrected chi connectivity index (χ3v) is 6.44. The van der Waals surface area contributed by atoms with Crippen LogP contribution in [0.3, 0.4) is 0 Å². The number of likely N-dealkylation sites (tertiary alicyclic amines) is 1. The molecule has 8 heteroatoms. The van der Waals surface area contributed by atoms with Crippen LogP contribution < -0.4 is 14.8 Å². The van der Waals surface area contributed by atoms with E-state index < -0.39 is 5.60 Å². The SMILES string of the molecule is CC(=O)NCCCOc1ccc(CN2CCCC(O)(COc3ccc(Cl)c(Cl)c3)CC2)cc1. The van der Waals surface area contributed by atoms with Crippen LogP contribution in [0.25, 0.3) is 0 Å². The Morgan fingerprint density at radius 2 is 1.82 bits per heavy atom. The van der Waals surface area contributed by atoms with Crippen molar-refractivity contribution < 1.29 is 19.4 Å². The van der Waals surface area contributed by atoms with Crippen LogP contribution in [0.2, 0.25) is 10.0 Å². The van der Waals surface area contributed by atoms with E-state index in [0.717, 1.165) is 38.2 Å². The van der Waals surface area contributed by atoms with E-state index in [0.29, 0.717) is 41.8 Å². The van der Waals surface area contributed by atoms with Crippen LogP contribution in [0, 0.1) is 0 Å². The molecule has 1 unspecified atom stereocenters. The van der Waals surface area contributed by atoms with Gasteiger partial charge in [-0.25, -0.2) is 0 Å². The third kappa shape index (κ3) is 8.70. The topological polar surface area (TPSA) is 71.0 Å². The highest BCUT2D eigenvalue weighted by molar-refractivity contribution is 6.42. The molecule has 0 aromatic heterocycles. The van der Waals surface area contributed by atoms with Gasteiger partial charge in [0.25, 0.3) is 0 Å². The Labute approximate surface area is 205 Å². The van der Waals surface area contributed by atoms with Gasteiger partial charge in [0.2, 0.25) is 5.91 Å². The molecule has 1 amide bonds. The van der Waals surface area contributed by atoms with Gasteiger partial charge in [-0.2, -0.15) is 0 Å². The van der Waals surface area contributed by atoms with Crippen molar-refractivity contribution in [3.63, 3.8) is 0 Å². The number of nitrogens with one attached hydrogen (secondary N) is 1. The molecule has 2 aromatic rings. The van der Waals surface area contributed by atoms with Gasteiger partial charge in [-0.15, -0.1) is 0 Å². The minimum Gasteiger partial charge on any atom is -0.494 e. The van der Waals surface area contributed by atoms with E-state index in [2.05, 4.69) is 22.3 Å². The van der Waals surface area contributed by atoms with Crippen molar-refractivity contribution in [3.8, 4) is 11.5 Å². The van der Waals surface area contributed by atoms with E-state index >= 15 is 0 Å². The molecular weight excluding hydrogens is 463 g/mol. The normalized spacial score (nSPS) is 19.0. The number of amides is 1. The maximum Gasteiger partial charge on any atom is 0.216 e. The number of carbonyl (C=O) groups excluding carboxylic acids is 1. The zero-order valence-corrected chi connectivity index (χ0v) is 20.5. The van der Waals surface area contributed by atoms with Gasteiger partial charge >= 0.3 is 0 Å². The Kier molecular flexibility index (Phi) is 9.68. The summed E-state index contributed by atoms with van der Waals surface area (Å²) in [6.45, 7) is 5.47. The fourth-order valence-corrected chi connectivity index (χ4v) is 4.09. The molecule has 0 spiro atoms. The molecule has 1 heterocycles. The fourth-order valence-electron chi connectivity index (χ4n) is 3.80. The lowest BCUT2D eigenvalue weighted by Crippen LogP contribution is -2.37. The minimum atomic E-state index is -0.865. The van der Waals surface area contributed by atoms with Crippen LogP contribution in [-0.2, 0) is 11.3 Å². The minimum absolute atomic E-state index is 0.0229. The van der Waals surface area contributed by atoms with Gasteiger partial charge in [-0.05, 0) is 62.1 Å². The molecule has 1 aliphatic rings. The van der Waals surface area contributed by atoms with E-state index in [1.54, 1.807) is 18.2 Å². The van der Waals surface area contributed by atoms with E-state index in [4.69, 9.17) is 32.7 Å². The third-order valence-electron chi connectivity index (χ3n) is 5.70. The summed E-state index contributed by atoms with van der Waals surface area (Å²) < 4.78 is 11.5. The fraction of sp³-hybridized carbons (Fsp3) is 0.480. The van der Waals surface area contributed by atoms with Crippen LogP contribution in [-0.4, -0.2) is 54.4 Å². The largest absolute Gasteiger partial charge is 0.494 e. The molecule has 1 saturated heterocycles. The van der Waals surface area contributed by atoms with E-state index in [-0.39, 0.29) is 12.5 Å². The summed E-state index contributed by atoms with van der Waals surface area (Å²) in [6, 6.07) is 13.2. The zero-order valence-electron chi connectivity index (χ0n) is 19.0. The van der Waals surface area contributed by atoms with Gasteiger partial charge in [-0.3, -0.25) is 9.69 Å². The van der Waals surface area contributed by atoms with E-state index in [1.807, 2.05) is 12.1 Å². The second-order valence-corrected chi connectivity index (χ2v) is 9.36. The first-order valence-electron chi connectivity index (χ1n) is 11.3. The molecule has 6 nitrogen and oxygen atoms in total. The molecule has 0 radical (unpaired) electrons. The molecule has 2 aromatic carbocycles. The molecule has 0 saturated carbocycles. The second-order valence-electron chi connectivity index (χ2n) is 8.55. The second kappa shape index (κ2) is 12.5. The monoisotopic (exact) mass is 494 g/mol. The molecule has 1 fully saturated rings. The van der Waals surface area contributed by atoms with Crippen molar-refractivity contribution in [1.29, 1.82) is 0 Å². The lowest BCUT2D eigenvalue weighted by Gasteiger charge is -2.27. The summed E-state index contributed by atoms with van der Waals surface area (Å²) >= 11 is 12.0. The molecule has 0 aliphatic carbocycles.